The molecular weight excluding hydrogens is 454 g/mol. The first-order valence-corrected chi connectivity index (χ1v) is 10.2. The lowest BCUT2D eigenvalue weighted by molar-refractivity contribution is -0.136. The van der Waals surface area contributed by atoms with Gasteiger partial charge in [-0.15, -0.1) is 5.10 Å². The van der Waals surface area contributed by atoms with Crippen molar-refractivity contribution < 1.29 is 18.7 Å². The molecule has 1 unspecified atom stereocenters. The second kappa shape index (κ2) is 9.23. The molecule has 0 spiro atoms. The van der Waals surface area contributed by atoms with Gasteiger partial charge in [0.1, 0.15) is 18.3 Å². The van der Waals surface area contributed by atoms with Crippen LogP contribution in [0.2, 0.25) is 0 Å². The highest BCUT2D eigenvalue weighted by molar-refractivity contribution is 9.10. The Kier molecular flexibility index (Phi) is 6.24. The van der Waals surface area contributed by atoms with E-state index in [4.69, 9.17) is 9.15 Å². The Bertz CT molecular complexity index is 997. The number of morpholine rings is 1. The summed E-state index contributed by atoms with van der Waals surface area (Å²) in [6.45, 7) is 2.30. The molecular formula is C20H20BrN5O4. The molecule has 3 aromatic rings. The molecule has 4 rings (SSSR count). The molecule has 9 nitrogen and oxygen atoms in total. The number of aromatic nitrogens is 3. The van der Waals surface area contributed by atoms with Crippen LogP contribution in [0.15, 0.2) is 57.7 Å². The van der Waals surface area contributed by atoms with Gasteiger partial charge < -0.3 is 19.4 Å². The van der Waals surface area contributed by atoms with Crippen LogP contribution >= 0.6 is 15.9 Å². The van der Waals surface area contributed by atoms with Gasteiger partial charge in [-0.05, 0) is 29.8 Å². The van der Waals surface area contributed by atoms with E-state index in [9.17, 15) is 9.59 Å². The summed E-state index contributed by atoms with van der Waals surface area (Å²) in [6.07, 6.45) is 3.12. The molecule has 1 N–H and O–H groups in total. The first-order valence-electron chi connectivity index (χ1n) is 9.45. The fraction of sp³-hybridized carbons (Fsp3) is 0.300. The van der Waals surface area contributed by atoms with E-state index in [1.807, 2.05) is 24.3 Å². The average molecular weight is 474 g/mol. The van der Waals surface area contributed by atoms with Crippen molar-refractivity contribution in [3.63, 3.8) is 0 Å². The van der Waals surface area contributed by atoms with Crippen LogP contribution in [0.5, 0.6) is 0 Å². The standard InChI is InChI=1S/C20H20BrN5O4/c21-15-5-3-14(4-6-15)19(22-20(28)17-2-1-9-30-17)16-12-26(24-23-16)13-18(27)25-7-10-29-11-8-25/h1-6,9,12,19H,7-8,10-11,13H2,(H,22,28). The first-order chi connectivity index (χ1) is 14.6. The molecule has 1 aliphatic rings. The molecule has 1 aromatic carbocycles. The summed E-state index contributed by atoms with van der Waals surface area (Å²) in [5.74, 6) is -0.214. The SMILES string of the molecule is O=C(NC(c1ccc(Br)cc1)c1cn(CC(=O)N2CCOCC2)nn1)c1ccco1. The summed E-state index contributed by atoms with van der Waals surface area (Å²) in [6, 6.07) is 10.2. The second-order valence-electron chi connectivity index (χ2n) is 6.77. The molecule has 1 saturated heterocycles. The van der Waals surface area contributed by atoms with E-state index in [1.165, 1.54) is 10.9 Å². The summed E-state index contributed by atoms with van der Waals surface area (Å²) in [5, 5.41) is 11.2. The molecule has 0 radical (unpaired) electrons. The highest BCUT2D eigenvalue weighted by Crippen LogP contribution is 2.23. The zero-order valence-corrected chi connectivity index (χ0v) is 17.6. The van der Waals surface area contributed by atoms with Gasteiger partial charge in [0.15, 0.2) is 5.76 Å². The maximum atomic E-state index is 12.6. The third kappa shape index (κ3) is 4.77. The van der Waals surface area contributed by atoms with Crippen LogP contribution in [0.3, 0.4) is 0 Å². The smallest absolute Gasteiger partial charge is 0.287 e. The molecule has 1 aliphatic heterocycles. The normalized spacial score (nSPS) is 15.0. The van der Waals surface area contributed by atoms with Crippen molar-refractivity contribution in [2.45, 2.75) is 12.6 Å². The van der Waals surface area contributed by atoms with Gasteiger partial charge in [0.25, 0.3) is 5.91 Å². The van der Waals surface area contributed by atoms with Crippen molar-refractivity contribution in [3.05, 3.63) is 70.3 Å². The van der Waals surface area contributed by atoms with Crippen molar-refractivity contribution in [3.8, 4) is 0 Å². The van der Waals surface area contributed by atoms with Gasteiger partial charge >= 0.3 is 0 Å². The van der Waals surface area contributed by atoms with Gasteiger partial charge in [0.05, 0.1) is 25.7 Å². The quantitative estimate of drug-likeness (QED) is 0.587. The van der Waals surface area contributed by atoms with Gasteiger partial charge in [-0.3, -0.25) is 9.59 Å². The van der Waals surface area contributed by atoms with Crippen molar-refractivity contribution >= 4 is 27.7 Å². The maximum Gasteiger partial charge on any atom is 0.287 e. The van der Waals surface area contributed by atoms with Crippen molar-refractivity contribution in [2.24, 2.45) is 0 Å². The fourth-order valence-corrected chi connectivity index (χ4v) is 3.43. The monoisotopic (exact) mass is 473 g/mol. The highest BCUT2D eigenvalue weighted by atomic mass is 79.9. The van der Waals surface area contributed by atoms with E-state index in [2.05, 4.69) is 31.6 Å². The molecule has 0 saturated carbocycles. The zero-order chi connectivity index (χ0) is 20.9. The minimum atomic E-state index is -0.553. The number of hydrogen-bond donors (Lipinski definition) is 1. The number of halogens is 1. The van der Waals surface area contributed by atoms with Crippen molar-refractivity contribution in [1.82, 2.24) is 25.2 Å². The number of rotatable bonds is 6. The fourth-order valence-electron chi connectivity index (χ4n) is 3.17. The minimum absolute atomic E-state index is 0.0467. The summed E-state index contributed by atoms with van der Waals surface area (Å²) in [4.78, 5) is 26.8. The number of hydrogen-bond acceptors (Lipinski definition) is 6. The van der Waals surface area contributed by atoms with Gasteiger partial charge in [-0.2, -0.15) is 0 Å². The zero-order valence-electron chi connectivity index (χ0n) is 16.0. The van der Waals surface area contributed by atoms with E-state index in [-0.39, 0.29) is 24.1 Å². The maximum absolute atomic E-state index is 12.6. The lowest BCUT2D eigenvalue weighted by Gasteiger charge is -2.26. The molecule has 2 aromatic heterocycles. The summed E-state index contributed by atoms with van der Waals surface area (Å²) in [7, 11) is 0. The van der Waals surface area contributed by atoms with E-state index in [1.54, 1.807) is 23.2 Å². The lowest BCUT2D eigenvalue weighted by Crippen LogP contribution is -2.42. The average Bonchev–Trinajstić information content (AvgIpc) is 3.46. The number of amides is 2. The lowest BCUT2D eigenvalue weighted by atomic mass is 10.0. The Hall–Kier alpha value is -2.98. The van der Waals surface area contributed by atoms with E-state index < -0.39 is 6.04 Å². The number of nitrogens with zero attached hydrogens (tertiary/aromatic N) is 4. The number of carbonyl (C=O) groups is 2. The van der Waals surface area contributed by atoms with Crippen LogP contribution in [0.1, 0.15) is 27.9 Å². The Labute approximate surface area is 181 Å². The summed E-state index contributed by atoms with van der Waals surface area (Å²) in [5.41, 5.74) is 1.34. The van der Waals surface area contributed by atoms with Crippen LogP contribution < -0.4 is 5.32 Å². The molecule has 2 amide bonds. The van der Waals surface area contributed by atoms with Gasteiger partial charge in [-0.25, -0.2) is 4.68 Å². The molecule has 30 heavy (non-hydrogen) atoms. The van der Waals surface area contributed by atoms with Crippen LogP contribution in [0.25, 0.3) is 0 Å². The number of benzene rings is 1. The third-order valence-electron chi connectivity index (χ3n) is 4.74. The van der Waals surface area contributed by atoms with Crippen LogP contribution in [-0.2, 0) is 16.1 Å². The third-order valence-corrected chi connectivity index (χ3v) is 5.27. The summed E-state index contributed by atoms with van der Waals surface area (Å²) >= 11 is 3.42. The number of ether oxygens (including phenoxy) is 1. The number of carbonyl (C=O) groups excluding carboxylic acids is 2. The molecule has 3 heterocycles. The molecule has 1 atom stereocenters. The Balaban J connectivity index is 1.53. The van der Waals surface area contributed by atoms with Crippen LogP contribution in [0, 0.1) is 0 Å². The molecule has 0 bridgehead atoms. The second-order valence-corrected chi connectivity index (χ2v) is 7.69. The number of nitrogens with one attached hydrogen (secondary N) is 1. The van der Waals surface area contributed by atoms with E-state index in [0.29, 0.717) is 32.0 Å². The van der Waals surface area contributed by atoms with Gasteiger partial charge in [-0.1, -0.05) is 33.3 Å². The van der Waals surface area contributed by atoms with Crippen molar-refractivity contribution in [2.75, 3.05) is 26.3 Å². The highest BCUT2D eigenvalue weighted by Gasteiger charge is 2.23. The molecule has 0 aliphatic carbocycles. The van der Waals surface area contributed by atoms with Gasteiger partial charge in [0, 0.05) is 17.6 Å². The molecule has 156 valence electrons. The largest absolute Gasteiger partial charge is 0.459 e. The van der Waals surface area contributed by atoms with E-state index >= 15 is 0 Å². The molecule has 1 fully saturated rings. The Morgan fingerprint density at radius 1 is 1.17 bits per heavy atom. The van der Waals surface area contributed by atoms with Crippen LogP contribution in [0.4, 0.5) is 0 Å². The van der Waals surface area contributed by atoms with E-state index in [0.717, 1.165) is 10.0 Å². The topological polar surface area (TPSA) is 102 Å². The predicted octanol–water partition coefficient (Wildman–Crippen LogP) is 2.01. The van der Waals surface area contributed by atoms with Crippen molar-refractivity contribution in [1.29, 1.82) is 0 Å². The number of furan rings is 1. The van der Waals surface area contributed by atoms with Gasteiger partial charge in [0.2, 0.25) is 5.91 Å². The Morgan fingerprint density at radius 2 is 1.93 bits per heavy atom. The van der Waals surface area contributed by atoms with Crippen LogP contribution in [-0.4, -0.2) is 58.0 Å². The summed E-state index contributed by atoms with van der Waals surface area (Å²) < 4.78 is 12.9. The minimum Gasteiger partial charge on any atom is -0.459 e. The predicted molar refractivity (Wildman–Crippen MR) is 110 cm³/mol. The molecule has 10 heteroatoms. The first kappa shape index (κ1) is 20.3. The Morgan fingerprint density at radius 3 is 2.63 bits per heavy atom.